The number of rotatable bonds is 4. The standard InChI is InChI=1S/C11H17NO3S2/c1-2-12-9-5-6-15-8-10(9)17(13,14)11-4-3-7-16-11/h3-4,7,9-10,12H,2,5-6,8H2,1H3. The van der Waals surface area contributed by atoms with Gasteiger partial charge in [-0.3, -0.25) is 0 Å². The summed E-state index contributed by atoms with van der Waals surface area (Å²) in [5.41, 5.74) is 0. The summed E-state index contributed by atoms with van der Waals surface area (Å²) in [6.07, 6.45) is 0.753. The van der Waals surface area contributed by atoms with E-state index in [0.717, 1.165) is 13.0 Å². The van der Waals surface area contributed by atoms with Crippen molar-refractivity contribution in [1.29, 1.82) is 0 Å². The van der Waals surface area contributed by atoms with Crippen molar-refractivity contribution in [1.82, 2.24) is 5.32 Å². The molecule has 96 valence electrons. The number of nitrogens with one attached hydrogen (secondary N) is 1. The second-order valence-electron chi connectivity index (χ2n) is 4.04. The van der Waals surface area contributed by atoms with Crippen LogP contribution in [0, 0.1) is 0 Å². The quantitative estimate of drug-likeness (QED) is 0.899. The fourth-order valence-electron chi connectivity index (χ4n) is 2.09. The van der Waals surface area contributed by atoms with Gasteiger partial charge in [0.1, 0.15) is 9.46 Å². The third-order valence-electron chi connectivity index (χ3n) is 2.94. The Kier molecular flexibility index (Phi) is 4.19. The molecule has 1 aromatic rings. The molecule has 2 unspecified atom stereocenters. The Bertz CT molecular complexity index is 439. The number of thiophene rings is 1. The van der Waals surface area contributed by atoms with Gasteiger partial charge < -0.3 is 10.1 Å². The van der Waals surface area contributed by atoms with E-state index in [2.05, 4.69) is 5.32 Å². The molecule has 1 N–H and O–H groups in total. The van der Waals surface area contributed by atoms with Crippen LogP contribution in [0.4, 0.5) is 0 Å². The van der Waals surface area contributed by atoms with Crippen LogP contribution >= 0.6 is 11.3 Å². The highest BCUT2D eigenvalue weighted by Gasteiger charge is 2.37. The average molecular weight is 275 g/mol. The largest absolute Gasteiger partial charge is 0.380 e. The van der Waals surface area contributed by atoms with Gasteiger partial charge in [0.15, 0.2) is 9.84 Å². The fourth-order valence-corrected chi connectivity index (χ4v) is 5.12. The first-order valence-corrected chi connectivity index (χ1v) is 8.17. The predicted octanol–water partition coefficient (Wildman–Crippen LogP) is 1.29. The zero-order valence-electron chi connectivity index (χ0n) is 9.76. The van der Waals surface area contributed by atoms with Crippen LogP contribution in [-0.2, 0) is 14.6 Å². The second kappa shape index (κ2) is 5.48. The molecule has 0 radical (unpaired) electrons. The molecule has 0 spiro atoms. The summed E-state index contributed by atoms with van der Waals surface area (Å²) in [6, 6.07) is 3.43. The monoisotopic (exact) mass is 275 g/mol. The average Bonchev–Trinajstić information content (AvgIpc) is 2.84. The molecule has 1 saturated heterocycles. The van der Waals surface area contributed by atoms with Gasteiger partial charge in [-0.2, -0.15) is 0 Å². The number of hydrogen-bond acceptors (Lipinski definition) is 5. The summed E-state index contributed by atoms with van der Waals surface area (Å²) in [5.74, 6) is 0. The minimum atomic E-state index is -3.26. The summed E-state index contributed by atoms with van der Waals surface area (Å²) in [4.78, 5) is 0. The summed E-state index contributed by atoms with van der Waals surface area (Å²) in [5, 5.41) is 4.58. The topological polar surface area (TPSA) is 55.4 Å². The lowest BCUT2D eigenvalue weighted by Crippen LogP contribution is -2.50. The van der Waals surface area contributed by atoms with Crippen molar-refractivity contribution in [2.45, 2.75) is 28.8 Å². The second-order valence-corrected chi connectivity index (χ2v) is 7.38. The number of ether oxygens (including phenoxy) is 1. The first-order valence-electron chi connectivity index (χ1n) is 5.74. The Morgan fingerprint density at radius 1 is 1.59 bits per heavy atom. The molecule has 6 heteroatoms. The van der Waals surface area contributed by atoms with E-state index >= 15 is 0 Å². The van der Waals surface area contributed by atoms with Crippen LogP contribution in [0.25, 0.3) is 0 Å². The van der Waals surface area contributed by atoms with Crippen LogP contribution in [0.15, 0.2) is 21.7 Å². The van der Waals surface area contributed by atoms with Crippen molar-refractivity contribution in [3.8, 4) is 0 Å². The molecule has 1 fully saturated rings. The van der Waals surface area contributed by atoms with E-state index in [1.807, 2.05) is 6.92 Å². The highest BCUT2D eigenvalue weighted by atomic mass is 32.2. The van der Waals surface area contributed by atoms with Gasteiger partial charge in [0.25, 0.3) is 0 Å². The molecule has 0 bridgehead atoms. The lowest BCUT2D eigenvalue weighted by molar-refractivity contribution is 0.0812. The van der Waals surface area contributed by atoms with Gasteiger partial charge in [-0.25, -0.2) is 8.42 Å². The van der Waals surface area contributed by atoms with Crippen molar-refractivity contribution in [2.75, 3.05) is 19.8 Å². The van der Waals surface area contributed by atoms with E-state index in [1.54, 1.807) is 17.5 Å². The van der Waals surface area contributed by atoms with Gasteiger partial charge >= 0.3 is 0 Å². The molecular weight excluding hydrogens is 258 g/mol. The minimum Gasteiger partial charge on any atom is -0.380 e. The van der Waals surface area contributed by atoms with Crippen molar-refractivity contribution in [3.05, 3.63) is 17.5 Å². The van der Waals surface area contributed by atoms with Crippen LogP contribution in [0.5, 0.6) is 0 Å². The lowest BCUT2D eigenvalue weighted by Gasteiger charge is -2.31. The van der Waals surface area contributed by atoms with Crippen LogP contribution in [0.1, 0.15) is 13.3 Å². The van der Waals surface area contributed by atoms with Crippen molar-refractivity contribution >= 4 is 21.2 Å². The predicted molar refractivity (Wildman–Crippen MR) is 68.2 cm³/mol. The van der Waals surface area contributed by atoms with Crippen LogP contribution in [0.2, 0.25) is 0 Å². The normalized spacial score (nSPS) is 25.9. The minimum absolute atomic E-state index is 0.000787. The fraction of sp³-hybridized carbons (Fsp3) is 0.636. The van der Waals surface area contributed by atoms with Crippen LogP contribution < -0.4 is 5.32 Å². The molecule has 0 aromatic carbocycles. The van der Waals surface area contributed by atoms with E-state index < -0.39 is 15.1 Å². The molecule has 2 rings (SSSR count). The van der Waals surface area contributed by atoms with Gasteiger partial charge in [0, 0.05) is 12.6 Å². The number of sulfone groups is 1. The highest BCUT2D eigenvalue weighted by Crippen LogP contribution is 2.26. The molecular formula is C11H17NO3S2. The first kappa shape index (κ1) is 13.0. The maximum Gasteiger partial charge on any atom is 0.194 e. The molecule has 17 heavy (non-hydrogen) atoms. The maximum absolute atomic E-state index is 12.4. The Hall–Kier alpha value is -0.430. The van der Waals surface area contributed by atoms with E-state index in [0.29, 0.717) is 10.8 Å². The van der Waals surface area contributed by atoms with Gasteiger partial charge in [-0.05, 0) is 24.4 Å². The van der Waals surface area contributed by atoms with Crippen LogP contribution in [-0.4, -0.2) is 39.5 Å². The van der Waals surface area contributed by atoms with E-state index in [1.165, 1.54) is 11.3 Å². The van der Waals surface area contributed by atoms with Crippen LogP contribution in [0.3, 0.4) is 0 Å². The Morgan fingerprint density at radius 2 is 2.41 bits per heavy atom. The Balaban J connectivity index is 2.24. The molecule has 1 aromatic heterocycles. The first-order chi connectivity index (χ1) is 8.16. The van der Waals surface area contributed by atoms with Gasteiger partial charge in [0.05, 0.1) is 6.61 Å². The highest BCUT2D eigenvalue weighted by molar-refractivity contribution is 7.94. The van der Waals surface area contributed by atoms with Crippen molar-refractivity contribution in [2.24, 2.45) is 0 Å². The van der Waals surface area contributed by atoms with Crippen molar-refractivity contribution < 1.29 is 13.2 Å². The zero-order valence-corrected chi connectivity index (χ0v) is 11.4. The molecule has 2 heterocycles. The van der Waals surface area contributed by atoms with E-state index in [-0.39, 0.29) is 12.6 Å². The summed E-state index contributed by atoms with van der Waals surface area (Å²) in [6.45, 7) is 3.69. The molecule has 1 aliphatic rings. The zero-order chi connectivity index (χ0) is 12.3. The molecule has 4 nitrogen and oxygen atoms in total. The number of hydrogen-bond donors (Lipinski definition) is 1. The smallest absolute Gasteiger partial charge is 0.194 e. The van der Waals surface area contributed by atoms with Gasteiger partial charge in [-0.1, -0.05) is 13.0 Å². The third-order valence-corrected chi connectivity index (χ3v) is 6.55. The summed E-state index contributed by atoms with van der Waals surface area (Å²) < 4.78 is 30.6. The molecule has 0 aliphatic carbocycles. The van der Waals surface area contributed by atoms with Gasteiger partial charge in [-0.15, -0.1) is 11.3 Å². The molecule has 0 saturated carbocycles. The van der Waals surface area contributed by atoms with E-state index in [4.69, 9.17) is 4.74 Å². The van der Waals surface area contributed by atoms with Gasteiger partial charge in [0.2, 0.25) is 0 Å². The molecule has 1 aliphatic heterocycles. The SMILES string of the molecule is CCNC1CCOCC1S(=O)(=O)c1cccs1. The summed E-state index contributed by atoms with van der Waals surface area (Å²) >= 11 is 1.27. The van der Waals surface area contributed by atoms with E-state index in [9.17, 15) is 8.42 Å². The Morgan fingerprint density at radius 3 is 3.06 bits per heavy atom. The lowest BCUT2D eigenvalue weighted by atomic mass is 10.1. The van der Waals surface area contributed by atoms with Crippen molar-refractivity contribution in [3.63, 3.8) is 0 Å². The maximum atomic E-state index is 12.4. The Labute approximate surface area is 106 Å². The molecule has 0 amide bonds. The molecule has 2 atom stereocenters. The summed E-state index contributed by atoms with van der Waals surface area (Å²) in [7, 11) is -3.26. The third kappa shape index (κ3) is 2.70.